The summed E-state index contributed by atoms with van der Waals surface area (Å²) in [6, 6.07) is -1.35. The van der Waals surface area contributed by atoms with Crippen LogP contribution in [-0.2, 0) is 4.79 Å². The number of urea groups is 1. The fourth-order valence-electron chi connectivity index (χ4n) is 1.62. The van der Waals surface area contributed by atoms with Crippen molar-refractivity contribution in [3.8, 4) is 0 Å². The first-order valence-corrected chi connectivity index (χ1v) is 5.95. The van der Waals surface area contributed by atoms with Gasteiger partial charge in [-0.1, -0.05) is 13.3 Å². The zero-order chi connectivity index (χ0) is 13.3. The molecule has 100 valence electrons. The molecule has 0 rings (SSSR count). The smallest absolute Gasteiger partial charge is 0.312 e. The summed E-state index contributed by atoms with van der Waals surface area (Å²) >= 11 is 0. The van der Waals surface area contributed by atoms with Gasteiger partial charge in [-0.05, 0) is 25.7 Å². The molecule has 5 N–H and O–H groups in total. The van der Waals surface area contributed by atoms with Gasteiger partial charge < -0.3 is 21.5 Å². The third-order valence-electron chi connectivity index (χ3n) is 2.55. The molecule has 0 heterocycles. The Hall–Kier alpha value is -1.30. The van der Waals surface area contributed by atoms with Crippen LogP contribution in [0.25, 0.3) is 0 Å². The monoisotopic (exact) mass is 245 g/mol. The van der Waals surface area contributed by atoms with Crippen molar-refractivity contribution in [2.24, 2.45) is 11.7 Å². The molecule has 0 aliphatic rings. The van der Waals surface area contributed by atoms with Gasteiger partial charge in [-0.25, -0.2) is 4.79 Å². The summed E-state index contributed by atoms with van der Waals surface area (Å²) in [5.41, 5.74) is 4.92. The van der Waals surface area contributed by atoms with E-state index in [1.54, 1.807) is 6.92 Å². The first kappa shape index (κ1) is 15.7. The number of nitrogens with one attached hydrogen (secondary N) is 2. The highest BCUT2D eigenvalue weighted by molar-refractivity contribution is 5.86. The summed E-state index contributed by atoms with van der Waals surface area (Å²) in [5, 5.41) is 13.9. The minimum absolute atomic E-state index is 0.121. The number of primary amides is 1. The van der Waals surface area contributed by atoms with Crippen molar-refractivity contribution in [1.29, 1.82) is 0 Å². The van der Waals surface area contributed by atoms with Crippen LogP contribution in [0.1, 0.15) is 33.1 Å². The molecule has 0 saturated heterocycles. The summed E-state index contributed by atoms with van der Waals surface area (Å²) < 4.78 is 0. The fourth-order valence-corrected chi connectivity index (χ4v) is 1.62. The predicted molar refractivity (Wildman–Crippen MR) is 65.3 cm³/mol. The molecule has 0 aliphatic carbocycles. The average Bonchev–Trinajstić information content (AvgIpc) is 2.25. The molecule has 0 aromatic rings. The number of hydrogen-bond donors (Lipinski definition) is 4. The lowest BCUT2D eigenvalue weighted by Crippen LogP contribution is -2.47. The van der Waals surface area contributed by atoms with Gasteiger partial charge in [-0.15, -0.1) is 0 Å². The van der Waals surface area contributed by atoms with Gasteiger partial charge in [0.05, 0.1) is 0 Å². The zero-order valence-corrected chi connectivity index (χ0v) is 10.5. The number of amides is 3. The van der Waals surface area contributed by atoms with Gasteiger partial charge in [-0.2, -0.15) is 0 Å². The van der Waals surface area contributed by atoms with E-state index >= 15 is 0 Å². The molecule has 6 nitrogen and oxygen atoms in total. The van der Waals surface area contributed by atoms with E-state index in [2.05, 4.69) is 17.6 Å². The second-order valence-corrected chi connectivity index (χ2v) is 4.14. The van der Waals surface area contributed by atoms with E-state index in [4.69, 9.17) is 10.8 Å². The molecular formula is C11H23N3O3. The fraction of sp³-hybridized carbons (Fsp3) is 0.818. The van der Waals surface area contributed by atoms with Crippen molar-refractivity contribution in [2.75, 3.05) is 13.2 Å². The molecular weight excluding hydrogens is 222 g/mol. The van der Waals surface area contributed by atoms with E-state index in [1.165, 1.54) is 0 Å². The molecule has 6 heteroatoms. The number of aliphatic hydroxyl groups excluding tert-OH is 1. The Labute approximate surface area is 102 Å². The van der Waals surface area contributed by atoms with E-state index in [0.717, 1.165) is 12.8 Å². The Morgan fingerprint density at radius 1 is 1.35 bits per heavy atom. The van der Waals surface area contributed by atoms with Gasteiger partial charge in [0.25, 0.3) is 0 Å². The molecule has 0 aliphatic heterocycles. The minimum Gasteiger partial charge on any atom is -0.396 e. The number of aliphatic hydroxyl groups is 1. The number of carbonyl (C=O) groups is 2. The molecule has 0 aromatic heterocycles. The van der Waals surface area contributed by atoms with Crippen molar-refractivity contribution in [3.05, 3.63) is 0 Å². The second-order valence-electron chi connectivity index (χ2n) is 4.14. The van der Waals surface area contributed by atoms with Crippen LogP contribution in [-0.4, -0.2) is 36.2 Å². The van der Waals surface area contributed by atoms with Crippen molar-refractivity contribution in [1.82, 2.24) is 10.6 Å². The van der Waals surface area contributed by atoms with Crippen LogP contribution in [0, 0.1) is 5.92 Å². The van der Waals surface area contributed by atoms with E-state index in [1.807, 2.05) is 0 Å². The Balaban J connectivity index is 3.97. The van der Waals surface area contributed by atoms with Gasteiger partial charge in [0, 0.05) is 13.2 Å². The molecule has 0 aromatic carbocycles. The number of nitrogens with two attached hydrogens (primary N) is 1. The Kier molecular flexibility index (Phi) is 8.13. The van der Waals surface area contributed by atoms with E-state index in [9.17, 15) is 9.59 Å². The Bertz CT molecular complexity index is 240. The van der Waals surface area contributed by atoms with E-state index in [-0.39, 0.29) is 18.4 Å². The summed E-state index contributed by atoms with van der Waals surface area (Å²) in [7, 11) is 0. The maximum Gasteiger partial charge on any atom is 0.312 e. The van der Waals surface area contributed by atoms with Gasteiger partial charge >= 0.3 is 6.03 Å². The maximum atomic E-state index is 11.5. The molecule has 0 fully saturated rings. The molecule has 0 radical (unpaired) electrons. The van der Waals surface area contributed by atoms with E-state index in [0.29, 0.717) is 13.0 Å². The SMILES string of the molecule is CCCC(CCO)CNC(=O)C(C)NC(N)=O. The lowest BCUT2D eigenvalue weighted by atomic mass is 10.0. The normalized spacial score (nSPS) is 13.8. The van der Waals surface area contributed by atoms with Crippen LogP contribution >= 0.6 is 0 Å². The van der Waals surface area contributed by atoms with Gasteiger partial charge in [0.1, 0.15) is 6.04 Å². The molecule has 0 spiro atoms. The van der Waals surface area contributed by atoms with Crippen molar-refractivity contribution < 1.29 is 14.7 Å². The molecule has 17 heavy (non-hydrogen) atoms. The lowest BCUT2D eigenvalue weighted by molar-refractivity contribution is -0.122. The summed E-state index contributed by atoms with van der Waals surface area (Å²) in [6.45, 7) is 4.26. The van der Waals surface area contributed by atoms with E-state index < -0.39 is 12.1 Å². The highest BCUT2D eigenvalue weighted by atomic mass is 16.3. The highest BCUT2D eigenvalue weighted by Gasteiger charge is 2.15. The number of hydrogen-bond acceptors (Lipinski definition) is 3. The molecule has 2 unspecified atom stereocenters. The molecule has 2 atom stereocenters. The van der Waals surface area contributed by atoms with Gasteiger partial charge in [-0.3, -0.25) is 4.79 Å². The summed E-state index contributed by atoms with van der Waals surface area (Å²) in [4.78, 5) is 22.1. The highest BCUT2D eigenvalue weighted by Crippen LogP contribution is 2.09. The van der Waals surface area contributed by atoms with Crippen molar-refractivity contribution >= 4 is 11.9 Å². The maximum absolute atomic E-state index is 11.5. The van der Waals surface area contributed by atoms with Crippen LogP contribution in [0.3, 0.4) is 0 Å². The first-order chi connectivity index (χ1) is 8.01. The molecule has 0 bridgehead atoms. The topological polar surface area (TPSA) is 104 Å². The van der Waals surface area contributed by atoms with Crippen LogP contribution in [0.2, 0.25) is 0 Å². The Morgan fingerprint density at radius 3 is 2.47 bits per heavy atom. The zero-order valence-electron chi connectivity index (χ0n) is 10.5. The van der Waals surface area contributed by atoms with Gasteiger partial charge in [0.2, 0.25) is 5.91 Å². The Morgan fingerprint density at radius 2 is 2.00 bits per heavy atom. The van der Waals surface area contributed by atoms with Crippen LogP contribution in [0.4, 0.5) is 4.79 Å². The second kappa shape index (κ2) is 8.81. The first-order valence-electron chi connectivity index (χ1n) is 5.95. The number of rotatable bonds is 8. The van der Waals surface area contributed by atoms with Crippen LogP contribution in [0.15, 0.2) is 0 Å². The summed E-state index contributed by atoms with van der Waals surface area (Å²) in [6.07, 6.45) is 2.64. The van der Waals surface area contributed by atoms with Crippen molar-refractivity contribution in [3.63, 3.8) is 0 Å². The largest absolute Gasteiger partial charge is 0.396 e. The van der Waals surface area contributed by atoms with Crippen LogP contribution < -0.4 is 16.4 Å². The quantitative estimate of drug-likeness (QED) is 0.482. The van der Waals surface area contributed by atoms with Gasteiger partial charge in [0.15, 0.2) is 0 Å². The lowest BCUT2D eigenvalue weighted by Gasteiger charge is -2.18. The third-order valence-corrected chi connectivity index (χ3v) is 2.55. The standard InChI is InChI=1S/C11H23N3O3/c1-3-4-9(5-6-15)7-13-10(16)8(2)14-11(12)17/h8-9,15H,3-7H2,1-2H3,(H,13,16)(H3,12,14,17). The number of carbonyl (C=O) groups excluding carboxylic acids is 2. The minimum atomic E-state index is -0.715. The van der Waals surface area contributed by atoms with Crippen molar-refractivity contribution in [2.45, 2.75) is 39.2 Å². The molecule has 3 amide bonds. The molecule has 0 saturated carbocycles. The van der Waals surface area contributed by atoms with Crippen LogP contribution in [0.5, 0.6) is 0 Å². The summed E-state index contributed by atoms with van der Waals surface area (Å²) in [5.74, 6) is 0.0116. The predicted octanol–water partition coefficient (Wildman–Crippen LogP) is -0.0419. The average molecular weight is 245 g/mol. The third kappa shape index (κ3) is 7.57.